The van der Waals surface area contributed by atoms with E-state index >= 15 is 0 Å². The first-order valence-corrected chi connectivity index (χ1v) is 9.34. The first kappa shape index (κ1) is 18.5. The second kappa shape index (κ2) is 10.1. The summed E-state index contributed by atoms with van der Waals surface area (Å²) in [6.45, 7) is 2.43. The zero-order valence-corrected chi connectivity index (χ0v) is 14.9. The molecule has 0 bridgehead atoms. The molecule has 2 rings (SSSR count). The maximum Gasteiger partial charge on any atom is 0.238 e. The van der Waals surface area contributed by atoms with Crippen LogP contribution in [0.5, 0.6) is 0 Å². The molecule has 0 aliphatic rings. The van der Waals surface area contributed by atoms with Crippen molar-refractivity contribution >= 4 is 23.4 Å². The number of amides is 1. The normalized spacial score (nSPS) is 10.8. The number of nitrogens with two attached hydrogens (primary N) is 1. The maximum atomic E-state index is 12.3. The molecule has 0 aliphatic heterocycles. The highest BCUT2D eigenvalue weighted by Crippen LogP contribution is 2.18. The Morgan fingerprint density at radius 1 is 1.12 bits per heavy atom. The van der Waals surface area contributed by atoms with Crippen LogP contribution >= 0.6 is 11.8 Å². The molecule has 24 heavy (non-hydrogen) atoms. The summed E-state index contributed by atoms with van der Waals surface area (Å²) in [6.07, 6.45) is 2.93. The smallest absolute Gasteiger partial charge is 0.238 e. The van der Waals surface area contributed by atoms with E-state index in [1.165, 1.54) is 5.56 Å². The van der Waals surface area contributed by atoms with Crippen molar-refractivity contribution in [2.75, 3.05) is 37.8 Å². The van der Waals surface area contributed by atoms with E-state index in [0.717, 1.165) is 23.5 Å². The monoisotopic (exact) mass is 343 g/mol. The van der Waals surface area contributed by atoms with Crippen LogP contribution in [0.15, 0.2) is 59.5 Å². The molecule has 0 spiro atoms. The molecule has 0 radical (unpaired) electrons. The van der Waals surface area contributed by atoms with Crippen molar-refractivity contribution in [3.8, 4) is 0 Å². The largest absolute Gasteiger partial charge is 0.329 e. The van der Waals surface area contributed by atoms with Crippen LogP contribution in [0, 0.1) is 0 Å². The van der Waals surface area contributed by atoms with Gasteiger partial charge in [-0.3, -0.25) is 9.69 Å². The van der Waals surface area contributed by atoms with Crippen LogP contribution in [-0.4, -0.2) is 43.2 Å². The van der Waals surface area contributed by atoms with Gasteiger partial charge in [0, 0.05) is 30.2 Å². The maximum absolute atomic E-state index is 12.3. The number of rotatable bonds is 9. The number of hydrogen-bond donors (Lipinski definition) is 2. The fourth-order valence-corrected chi connectivity index (χ4v) is 2.95. The Balaban J connectivity index is 1.87. The van der Waals surface area contributed by atoms with E-state index in [1.54, 1.807) is 11.8 Å². The molecule has 0 saturated heterocycles. The van der Waals surface area contributed by atoms with Crippen LogP contribution in [0.1, 0.15) is 5.56 Å². The van der Waals surface area contributed by atoms with Gasteiger partial charge in [-0.2, -0.15) is 0 Å². The van der Waals surface area contributed by atoms with Crippen LogP contribution < -0.4 is 11.1 Å². The lowest BCUT2D eigenvalue weighted by Crippen LogP contribution is -2.38. The van der Waals surface area contributed by atoms with Crippen molar-refractivity contribution in [2.45, 2.75) is 11.3 Å². The van der Waals surface area contributed by atoms with Gasteiger partial charge in [-0.05, 0) is 36.4 Å². The standard InChI is InChI=1S/C19H25N3OS/c1-24-18-9-5-8-17(14-18)21-19(23)15-22(13-11-20)12-10-16-6-3-2-4-7-16/h2-9,14H,10-13,15,20H2,1H3,(H,21,23). The number of carbonyl (C=O) groups is 1. The summed E-state index contributed by atoms with van der Waals surface area (Å²) in [7, 11) is 0. The molecule has 2 aromatic carbocycles. The van der Waals surface area contributed by atoms with Gasteiger partial charge < -0.3 is 11.1 Å². The Labute approximate surface area is 148 Å². The van der Waals surface area contributed by atoms with Crippen molar-refractivity contribution in [1.82, 2.24) is 4.90 Å². The highest BCUT2D eigenvalue weighted by atomic mass is 32.2. The van der Waals surface area contributed by atoms with Crippen molar-refractivity contribution in [3.63, 3.8) is 0 Å². The lowest BCUT2D eigenvalue weighted by atomic mass is 10.1. The van der Waals surface area contributed by atoms with Crippen LogP contribution in [0.25, 0.3) is 0 Å². The molecular formula is C19H25N3OS. The third-order valence-electron chi connectivity index (χ3n) is 3.73. The Bertz CT molecular complexity index is 634. The summed E-state index contributed by atoms with van der Waals surface area (Å²) < 4.78 is 0. The van der Waals surface area contributed by atoms with E-state index < -0.39 is 0 Å². The Morgan fingerprint density at radius 2 is 1.92 bits per heavy atom. The Morgan fingerprint density at radius 3 is 2.62 bits per heavy atom. The zero-order chi connectivity index (χ0) is 17.2. The van der Waals surface area contributed by atoms with Crippen LogP contribution in [0.2, 0.25) is 0 Å². The van der Waals surface area contributed by atoms with Gasteiger partial charge in [0.15, 0.2) is 0 Å². The average molecular weight is 343 g/mol. The Hall–Kier alpha value is -1.82. The minimum Gasteiger partial charge on any atom is -0.329 e. The van der Waals surface area contributed by atoms with Gasteiger partial charge in [-0.15, -0.1) is 11.8 Å². The molecule has 5 heteroatoms. The van der Waals surface area contributed by atoms with Crippen molar-refractivity contribution in [1.29, 1.82) is 0 Å². The number of anilines is 1. The SMILES string of the molecule is CSc1cccc(NC(=O)CN(CCN)CCc2ccccc2)c1. The quantitative estimate of drug-likeness (QED) is 0.688. The van der Waals surface area contributed by atoms with Crippen molar-refractivity contribution < 1.29 is 4.79 Å². The van der Waals surface area contributed by atoms with Crippen molar-refractivity contribution in [3.05, 3.63) is 60.2 Å². The van der Waals surface area contributed by atoms with Gasteiger partial charge >= 0.3 is 0 Å². The molecule has 2 aromatic rings. The number of nitrogens with zero attached hydrogens (tertiary/aromatic N) is 1. The molecule has 0 aromatic heterocycles. The summed E-state index contributed by atoms with van der Waals surface area (Å²) in [4.78, 5) is 15.5. The second-order valence-corrected chi connectivity index (χ2v) is 6.46. The van der Waals surface area contributed by atoms with E-state index in [9.17, 15) is 4.79 Å². The molecule has 0 saturated carbocycles. The third-order valence-corrected chi connectivity index (χ3v) is 4.45. The predicted octanol–water partition coefficient (Wildman–Crippen LogP) is 2.85. The molecule has 3 N–H and O–H groups in total. The summed E-state index contributed by atoms with van der Waals surface area (Å²) in [5.74, 6) is -0.00485. The topological polar surface area (TPSA) is 58.4 Å². The second-order valence-electron chi connectivity index (χ2n) is 5.58. The van der Waals surface area contributed by atoms with Gasteiger partial charge in [0.2, 0.25) is 5.91 Å². The number of thioether (sulfide) groups is 1. The van der Waals surface area contributed by atoms with Gasteiger partial charge in [-0.1, -0.05) is 36.4 Å². The molecule has 0 heterocycles. The first-order chi connectivity index (χ1) is 11.7. The van der Waals surface area contributed by atoms with Gasteiger partial charge in [0.1, 0.15) is 0 Å². The zero-order valence-electron chi connectivity index (χ0n) is 14.1. The lowest BCUT2D eigenvalue weighted by Gasteiger charge is -2.21. The van der Waals surface area contributed by atoms with Crippen molar-refractivity contribution in [2.24, 2.45) is 5.73 Å². The lowest BCUT2D eigenvalue weighted by molar-refractivity contribution is -0.117. The van der Waals surface area contributed by atoms with E-state index in [1.807, 2.05) is 48.7 Å². The number of nitrogens with one attached hydrogen (secondary N) is 1. The highest BCUT2D eigenvalue weighted by molar-refractivity contribution is 7.98. The minimum absolute atomic E-state index is 0.00485. The molecule has 0 atom stereocenters. The number of benzene rings is 2. The Kier molecular flexibility index (Phi) is 7.82. The molecule has 0 aliphatic carbocycles. The summed E-state index contributed by atoms with van der Waals surface area (Å²) in [5, 5.41) is 2.97. The number of hydrogen-bond acceptors (Lipinski definition) is 4. The predicted molar refractivity (Wildman–Crippen MR) is 102 cm³/mol. The summed E-state index contributed by atoms with van der Waals surface area (Å²) in [5.41, 5.74) is 7.80. The molecule has 0 unspecified atom stereocenters. The molecule has 1 amide bonds. The highest BCUT2D eigenvalue weighted by Gasteiger charge is 2.10. The van der Waals surface area contributed by atoms with E-state index in [0.29, 0.717) is 19.6 Å². The third kappa shape index (κ3) is 6.35. The van der Waals surface area contributed by atoms with Crippen LogP contribution in [0.4, 0.5) is 5.69 Å². The van der Waals surface area contributed by atoms with Gasteiger partial charge in [-0.25, -0.2) is 0 Å². The van der Waals surface area contributed by atoms with Gasteiger partial charge in [0.25, 0.3) is 0 Å². The molecule has 4 nitrogen and oxygen atoms in total. The van der Waals surface area contributed by atoms with Gasteiger partial charge in [0.05, 0.1) is 6.54 Å². The van der Waals surface area contributed by atoms with E-state index in [4.69, 9.17) is 5.73 Å². The fraction of sp³-hybridized carbons (Fsp3) is 0.316. The fourth-order valence-electron chi connectivity index (χ4n) is 2.49. The van der Waals surface area contributed by atoms with E-state index in [2.05, 4.69) is 22.3 Å². The number of carbonyl (C=O) groups excluding carboxylic acids is 1. The molecular weight excluding hydrogens is 318 g/mol. The van der Waals surface area contributed by atoms with Crippen LogP contribution in [-0.2, 0) is 11.2 Å². The summed E-state index contributed by atoms with van der Waals surface area (Å²) >= 11 is 1.66. The van der Waals surface area contributed by atoms with E-state index in [-0.39, 0.29) is 5.91 Å². The minimum atomic E-state index is -0.00485. The average Bonchev–Trinajstić information content (AvgIpc) is 2.61. The first-order valence-electron chi connectivity index (χ1n) is 8.11. The summed E-state index contributed by atoms with van der Waals surface area (Å²) in [6, 6.07) is 18.2. The molecule has 128 valence electrons. The van der Waals surface area contributed by atoms with Crippen LogP contribution in [0.3, 0.4) is 0 Å². The molecule has 0 fully saturated rings.